The fourth-order valence-corrected chi connectivity index (χ4v) is 5.01. The zero-order chi connectivity index (χ0) is 28.2. The van der Waals surface area contributed by atoms with Crippen LogP contribution in [0, 0.1) is 11.7 Å². The molecule has 7 nitrogen and oxygen atoms in total. The molecule has 5 rings (SSSR count). The third kappa shape index (κ3) is 6.18. The van der Waals surface area contributed by atoms with Crippen LogP contribution in [0.5, 0.6) is 5.75 Å². The van der Waals surface area contributed by atoms with Gasteiger partial charge in [-0.3, -0.25) is 9.59 Å². The highest BCUT2D eigenvalue weighted by Gasteiger charge is 2.22. The molecule has 0 aliphatic carbocycles. The number of carbonyl (C=O) groups is 2. The maximum absolute atomic E-state index is 13.5. The molecule has 208 valence electrons. The van der Waals surface area contributed by atoms with Crippen molar-refractivity contribution in [2.75, 3.05) is 19.7 Å². The zero-order valence-corrected chi connectivity index (χ0v) is 22.8. The van der Waals surface area contributed by atoms with E-state index >= 15 is 0 Å². The Morgan fingerprint density at radius 1 is 1.12 bits per heavy atom. The highest BCUT2D eigenvalue weighted by atomic mass is 19.1. The molecule has 0 radical (unpaired) electrons. The fraction of sp³-hybridized carbons (Fsp3) is 0.312. The van der Waals surface area contributed by atoms with Crippen LogP contribution in [0.15, 0.2) is 65.1 Å². The molecule has 1 unspecified atom stereocenters. The average molecular weight is 544 g/mol. The Balaban J connectivity index is 1.48. The van der Waals surface area contributed by atoms with Gasteiger partial charge in [-0.1, -0.05) is 19.9 Å². The van der Waals surface area contributed by atoms with E-state index in [1.807, 2.05) is 38.1 Å². The molecule has 2 amide bonds. The lowest BCUT2D eigenvalue weighted by atomic mass is 9.98. The smallest absolute Gasteiger partial charge is 0.253 e. The zero-order valence-electron chi connectivity index (χ0n) is 22.8. The minimum absolute atomic E-state index is 0.135. The number of nitrogens with two attached hydrogens (primary N) is 1. The molecule has 1 aliphatic rings. The Kier molecular flexibility index (Phi) is 8.16. The van der Waals surface area contributed by atoms with E-state index < -0.39 is 5.91 Å². The van der Waals surface area contributed by atoms with Crippen molar-refractivity contribution >= 4 is 22.8 Å². The topological polar surface area (TPSA) is 107 Å². The van der Waals surface area contributed by atoms with E-state index in [0.29, 0.717) is 65.1 Å². The van der Waals surface area contributed by atoms with Crippen molar-refractivity contribution in [3.8, 4) is 17.1 Å². The lowest BCUT2D eigenvalue weighted by Crippen LogP contribution is -2.28. The van der Waals surface area contributed by atoms with Gasteiger partial charge in [0.25, 0.3) is 11.8 Å². The molecule has 0 bridgehead atoms. The van der Waals surface area contributed by atoms with Gasteiger partial charge in [-0.2, -0.15) is 0 Å². The van der Waals surface area contributed by atoms with Crippen molar-refractivity contribution in [1.82, 2.24) is 10.6 Å². The lowest BCUT2D eigenvalue weighted by molar-refractivity contribution is 0.0947. The summed E-state index contributed by atoms with van der Waals surface area (Å²) >= 11 is 0. The predicted molar refractivity (Wildman–Crippen MR) is 153 cm³/mol. The summed E-state index contributed by atoms with van der Waals surface area (Å²) in [6.07, 6.45) is 2.65. The molecule has 0 spiro atoms. The monoisotopic (exact) mass is 543 g/mol. The number of nitrogens with one attached hydrogen (secondary N) is 2. The van der Waals surface area contributed by atoms with Crippen LogP contribution in [0.2, 0.25) is 0 Å². The highest BCUT2D eigenvalue weighted by molar-refractivity contribution is 6.10. The van der Waals surface area contributed by atoms with Crippen molar-refractivity contribution in [3.63, 3.8) is 0 Å². The Morgan fingerprint density at radius 2 is 1.93 bits per heavy atom. The number of hydrogen-bond acceptors (Lipinski definition) is 5. The Morgan fingerprint density at radius 3 is 2.62 bits per heavy atom. The first kappa shape index (κ1) is 27.4. The Hall–Kier alpha value is -4.17. The van der Waals surface area contributed by atoms with Gasteiger partial charge in [-0.25, -0.2) is 4.39 Å². The van der Waals surface area contributed by atoms with Crippen LogP contribution in [0.4, 0.5) is 4.39 Å². The van der Waals surface area contributed by atoms with E-state index in [1.54, 1.807) is 24.3 Å². The van der Waals surface area contributed by atoms with Crippen LogP contribution in [-0.2, 0) is 6.42 Å². The average Bonchev–Trinajstić information content (AvgIpc) is 3.59. The SMILES string of the molecule is CC(C)CNC(=O)c1ccc(OCC2CCCN2)c(Cc2ccc3oc(-c4ccc(F)cc4)c(C(N)=O)c3c2)c1. The van der Waals surface area contributed by atoms with Gasteiger partial charge in [0.05, 0.1) is 5.56 Å². The number of hydrogen-bond donors (Lipinski definition) is 3. The van der Waals surface area contributed by atoms with Crippen molar-refractivity contribution < 1.29 is 23.1 Å². The van der Waals surface area contributed by atoms with E-state index in [9.17, 15) is 14.0 Å². The molecule has 3 aromatic carbocycles. The standard InChI is InChI=1S/C32H34FN3O4/c1-19(2)17-36-32(38)22-8-12-27(39-18-25-4-3-13-35-25)23(16-22)14-20-5-11-28-26(15-20)29(31(34)37)30(40-28)21-6-9-24(33)10-7-21/h5-12,15-16,19,25,35H,3-4,13-14,17-18H2,1-2H3,(H2,34,37)(H,36,38). The summed E-state index contributed by atoms with van der Waals surface area (Å²) in [5.74, 6) is 0.201. The summed E-state index contributed by atoms with van der Waals surface area (Å²) in [4.78, 5) is 25.4. The number of benzene rings is 3. The van der Waals surface area contributed by atoms with E-state index in [-0.39, 0.29) is 17.3 Å². The summed E-state index contributed by atoms with van der Waals surface area (Å²) in [6.45, 7) is 6.21. The molecule has 4 N–H and O–H groups in total. The van der Waals surface area contributed by atoms with E-state index in [1.165, 1.54) is 12.1 Å². The number of halogens is 1. The van der Waals surface area contributed by atoms with Crippen LogP contribution < -0.4 is 21.1 Å². The van der Waals surface area contributed by atoms with Gasteiger partial charge in [-0.05, 0) is 91.0 Å². The predicted octanol–water partition coefficient (Wildman–Crippen LogP) is 5.45. The van der Waals surface area contributed by atoms with E-state index in [4.69, 9.17) is 14.9 Å². The van der Waals surface area contributed by atoms with Crippen LogP contribution in [-0.4, -0.2) is 37.6 Å². The summed E-state index contributed by atoms with van der Waals surface area (Å²) in [5, 5.41) is 7.00. The molecule has 40 heavy (non-hydrogen) atoms. The van der Waals surface area contributed by atoms with Gasteiger partial charge in [0.15, 0.2) is 0 Å². The number of carbonyl (C=O) groups excluding carboxylic acids is 2. The second-order valence-electron chi connectivity index (χ2n) is 10.7. The second-order valence-corrected chi connectivity index (χ2v) is 10.7. The largest absolute Gasteiger partial charge is 0.492 e. The molecule has 1 saturated heterocycles. The van der Waals surface area contributed by atoms with Crippen LogP contribution >= 0.6 is 0 Å². The summed E-state index contributed by atoms with van der Waals surface area (Å²) in [6, 6.07) is 17.1. The van der Waals surface area contributed by atoms with Gasteiger partial charge < -0.3 is 25.5 Å². The van der Waals surface area contributed by atoms with E-state index in [0.717, 1.165) is 30.5 Å². The minimum Gasteiger partial charge on any atom is -0.492 e. The Bertz CT molecular complexity index is 1520. The molecule has 1 aromatic heterocycles. The molecule has 0 saturated carbocycles. The van der Waals surface area contributed by atoms with Gasteiger partial charge in [0, 0.05) is 35.5 Å². The van der Waals surface area contributed by atoms with Crippen LogP contribution in [0.25, 0.3) is 22.3 Å². The fourth-order valence-electron chi connectivity index (χ4n) is 5.01. The minimum atomic E-state index is -0.632. The second kappa shape index (κ2) is 11.9. The summed E-state index contributed by atoms with van der Waals surface area (Å²) in [5.41, 5.74) is 9.39. The number of furan rings is 1. The van der Waals surface area contributed by atoms with Crippen molar-refractivity contribution in [2.45, 2.75) is 39.2 Å². The van der Waals surface area contributed by atoms with Crippen molar-refractivity contribution in [3.05, 3.63) is 88.7 Å². The first-order valence-corrected chi connectivity index (χ1v) is 13.7. The van der Waals surface area contributed by atoms with Gasteiger partial charge in [0.2, 0.25) is 0 Å². The Labute approximate surface area is 232 Å². The van der Waals surface area contributed by atoms with E-state index in [2.05, 4.69) is 10.6 Å². The number of ether oxygens (including phenoxy) is 1. The first-order chi connectivity index (χ1) is 19.3. The number of fused-ring (bicyclic) bond motifs is 1. The third-order valence-corrected chi connectivity index (χ3v) is 7.10. The van der Waals surface area contributed by atoms with Gasteiger partial charge >= 0.3 is 0 Å². The van der Waals surface area contributed by atoms with Gasteiger partial charge in [0.1, 0.15) is 29.5 Å². The maximum atomic E-state index is 13.5. The normalized spacial score (nSPS) is 15.1. The van der Waals surface area contributed by atoms with Crippen molar-refractivity contribution in [2.24, 2.45) is 11.7 Å². The molecular weight excluding hydrogens is 509 g/mol. The summed E-state index contributed by atoms with van der Waals surface area (Å²) < 4.78 is 25.7. The third-order valence-electron chi connectivity index (χ3n) is 7.10. The highest BCUT2D eigenvalue weighted by Crippen LogP contribution is 2.35. The van der Waals surface area contributed by atoms with Crippen LogP contribution in [0.1, 0.15) is 58.5 Å². The molecule has 2 heterocycles. The quantitative estimate of drug-likeness (QED) is 0.247. The molecule has 1 fully saturated rings. The molecule has 4 aromatic rings. The number of primary amides is 1. The molecule has 1 aliphatic heterocycles. The number of rotatable bonds is 10. The van der Waals surface area contributed by atoms with Gasteiger partial charge in [-0.15, -0.1) is 0 Å². The maximum Gasteiger partial charge on any atom is 0.253 e. The number of amides is 2. The lowest BCUT2D eigenvalue weighted by Gasteiger charge is -2.17. The molecule has 1 atom stereocenters. The van der Waals surface area contributed by atoms with Crippen molar-refractivity contribution in [1.29, 1.82) is 0 Å². The first-order valence-electron chi connectivity index (χ1n) is 13.7. The summed E-state index contributed by atoms with van der Waals surface area (Å²) in [7, 11) is 0. The molecule has 8 heteroatoms. The van der Waals surface area contributed by atoms with Crippen LogP contribution in [0.3, 0.4) is 0 Å². The molecular formula is C32H34FN3O4.